The van der Waals surface area contributed by atoms with Crippen LogP contribution in [0.4, 0.5) is 10.1 Å². The van der Waals surface area contributed by atoms with Crippen molar-refractivity contribution in [3.05, 3.63) is 77.5 Å². The summed E-state index contributed by atoms with van der Waals surface area (Å²) in [5.74, 6) is -0.423. The van der Waals surface area contributed by atoms with Crippen LogP contribution in [0.25, 0.3) is 10.9 Å². The van der Waals surface area contributed by atoms with E-state index in [1.54, 1.807) is 60.5 Å². The van der Waals surface area contributed by atoms with E-state index in [1.807, 2.05) is 20.8 Å². The third-order valence-corrected chi connectivity index (χ3v) is 6.95. The Bertz CT molecular complexity index is 1590. The molecule has 5 rings (SSSR count). The predicted molar refractivity (Wildman–Crippen MR) is 149 cm³/mol. The van der Waals surface area contributed by atoms with E-state index in [-0.39, 0.29) is 47.0 Å². The fraction of sp³-hybridized carbons (Fsp3) is 0.333. The van der Waals surface area contributed by atoms with Crippen LogP contribution in [0.3, 0.4) is 0 Å². The number of aromatic nitrogens is 3. The van der Waals surface area contributed by atoms with E-state index in [0.29, 0.717) is 46.5 Å². The van der Waals surface area contributed by atoms with Crippen molar-refractivity contribution >= 4 is 28.4 Å². The number of aliphatic hydroxyl groups is 1. The maximum absolute atomic E-state index is 15.3. The first-order valence-corrected chi connectivity index (χ1v) is 13.2. The Labute approximate surface area is 231 Å². The molecule has 0 saturated heterocycles. The molecule has 0 radical (unpaired) electrons. The highest BCUT2D eigenvalue weighted by Crippen LogP contribution is 2.33. The second kappa shape index (κ2) is 10.7. The van der Waals surface area contributed by atoms with Gasteiger partial charge in [-0.3, -0.25) is 19.3 Å². The smallest absolute Gasteiger partial charge is 0.251 e. The number of hydrogen-bond acceptors (Lipinski definition) is 6. The number of carbonyl (C=O) groups is 2. The zero-order valence-electron chi connectivity index (χ0n) is 22.9. The van der Waals surface area contributed by atoms with Gasteiger partial charge in [0.15, 0.2) is 0 Å². The largest absolute Gasteiger partial charge is 0.456 e. The number of pyridine rings is 1. The van der Waals surface area contributed by atoms with Crippen LogP contribution < -0.4 is 15.4 Å². The molecule has 2 amide bonds. The van der Waals surface area contributed by atoms with E-state index < -0.39 is 5.82 Å². The van der Waals surface area contributed by atoms with Gasteiger partial charge in [-0.2, -0.15) is 5.10 Å². The number of rotatable bonds is 7. The molecule has 0 atom stereocenters. The van der Waals surface area contributed by atoms with Gasteiger partial charge in [-0.15, -0.1) is 0 Å². The Hall–Kier alpha value is -4.31. The summed E-state index contributed by atoms with van der Waals surface area (Å²) in [5, 5.41) is 20.0. The average molecular weight is 546 g/mol. The second-order valence-electron chi connectivity index (χ2n) is 11.2. The van der Waals surface area contributed by atoms with E-state index in [4.69, 9.17) is 4.74 Å². The van der Waals surface area contributed by atoms with Crippen LogP contribution in [0.15, 0.2) is 55.0 Å². The normalized spacial score (nSPS) is 16.9. The van der Waals surface area contributed by atoms with Crippen molar-refractivity contribution in [3.8, 4) is 11.5 Å². The minimum Gasteiger partial charge on any atom is -0.456 e. The summed E-state index contributed by atoms with van der Waals surface area (Å²) in [5.41, 5.74) is 1.87. The lowest BCUT2D eigenvalue weighted by molar-refractivity contribution is -0.115. The molecular formula is C30H32FN5O4. The fourth-order valence-electron chi connectivity index (χ4n) is 4.55. The van der Waals surface area contributed by atoms with Gasteiger partial charge in [0.05, 0.1) is 35.5 Å². The molecule has 3 N–H and O–H groups in total. The standard InChI is InChI=1S/C30H32FN5O4/c1-17-25(8-6-18(28(17)31)12-27(38)34-21-15-33-36(16-21)30(2,3)4)40-26-9-10-32-24-7-5-19(11-23(24)26)29(39)35-20-13-22(37)14-20/h5-11,15-16,20,22,37H,12-14H2,1-4H3,(H,34,38)(H,35,39). The van der Waals surface area contributed by atoms with E-state index in [2.05, 4.69) is 20.7 Å². The SMILES string of the molecule is Cc1c(Oc2ccnc3ccc(C(=O)NC4CC(O)C4)cc23)ccc(CC(=O)Nc2cnn(C(C)(C)C)c2)c1F. The number of hydrogen-bond donors (Lipinski definition) is 3. The van der Waals surface area contributed by atoms with Crippen molar-refractivity contribution in [2.24, 2.45) is 0 Å². The number of nitrogens with one attached hydrogen (secondary N) is 2. The van der Waals surface area contributed by atoms with Gasteiger partial charge in [0, 0.05) is 34.9 Å². The summed E-state index contributed by atoms with van der Waals surface area (Å²) in [4.78, 5) is 29.7. The first-order chi connectivity index (χ1) is 19.0. The Morgan fingerprint density at radius 2 is 1.93 bits per heavy atom. The molecule has 0 bridgehead atoms. The predicted octanol–water partition coefficient (Wildman–Crippen LogP) is 4.86. The van der Waals surface area contributed by atoms with Gasteiger partial charge in [0.25, 0.3) is 5.91 Å². The molecule has 1 saturated carbocycles. The molecule has 1 fully saturated rings. The summed E-state index contributed by atoms with van der Waals surface area (Å²) in [6.07, 6.45) is 5.45. The number of ether oxygens (including phenoxy) is 1. The van der Waals surface area contributed by atoms with Gasteiger partial charge in [-0.1, -0.05) is 6.07 Å². The number of anilines is 1. The Morgan fingerprint density at radius 1 is 1.15 bits per heavy atom. The first-order valence-electron chi connectivity index (χ1n) is 13.2. The van der Waals surface area contributed by atoms with E-state index in [1.165, 1.54) is 6.07 Å². The van der Waals surface area contributed by atoms with Crippen molar-refractivity contribution in [3.63, 3.8) is 0 Å². The minimum atomic E-state index is -0.529. The molecule has 9 nitrogen and oxygen atoms in total. The van der Waals surface area contributed by atoms with Crippen LogP contribution in [0, 0.1) is 12.7 Å². The Kier molecular flexibility index (Phi) is 7.29. The van der Waals surface area contributed by atoms with Crippen LogP contribution in [-0.2, 0) is 16.8 Å². The van der Waals surface area contributed by atoms with Crippen molar-refractivity contribution in [1.82, 2.24) is 20.1 Å². The average Bonchev–Trinajstić information content (AvgIpc) is 3.36. The van der Waals surface area contributed by atoms with Gasteiger partial charge in [-0.05, 0) is 76.4 Å². The molecule has 2 aromatic heterocycles. The maximum Gasteiger partial charge on any atom is 0.251 e. The number of nitrogens with zero attached hydrogens (tertiary/aromatic N) is 3. The maximum atomic E-state index is 15.3. The highest BCUT2D eigenvalue weighted by molar-refractivity contribution is 5.99. The van der Waals surface area contributed by atoms with Crippen LogP contribution in [-0.4, -0.2) is 43.8 Å². The highest BCUT2D eigenvalue weighted by atomic mass is 19.1. The third-order valence-electron chi connectivity index (χ3n) is 6.95. The van der Waals surface area contributed by atoms with E-state index >= 15 is 4.39 Å². The number of carbonyl (C=O) groups excluding carboxylic acids is 2. The summed E-state index contributed by atoms with van der Waals surface area (Å²) < 4.78 is 23.2. The second-order valence-corrected chi connectivity index (χ2v) is 11.2. The lowest BCUT2D eigenvalue weighted by Crippen LogP contribution is -2.46. The van der Waals surface area contributed by atoms with Crippen molar-refractivity contribution in [2.45, 2.75) is 64.6 Å². The molecule has 2 heterocycles. The zero-order chi connectivity index (χ0) is 28.6. The van der Waals surface area contributed by atoms with E-state index in [0.717, 1.165) is 0 Å². The lowest BCUT2D eigenvalue weighted by Gasteiger charge is -2.31. The monoisotopic (exact) mass is 545 g/mol. The summed E-state index contributed by atoms with van der Waals surface area (Å²) in [7, 11) is 0. The third kappa shape index (κ3) is 5.81. The van der Waals surface area contributed by atoms with Gasteiger partial charge < -0.3 is 20.5 Å². The molecule has 208 valence electrons. The topological polar surface area (TPSA) is 118 Å². The first kappa shape index (κ1) is 27.3. The van der Waals surface area contributed by atoms with Crippen molar-refractivity contribution in [2.75, 3.05) is 5.32 Å². The number of amides is 2. The van der Waals surface area contributed by atoms with Crippen LogP contribution in [0.2, 0.25) is 0 Å². The molecule has 0 unspecified atom stereocenters. The van der Waals surface area contributed by atoms with Crippen LogP contribution in [0.1, 0.15) is 55.1 Å². The van der Waals surface area contributed by atoms with Crippen LogP contribution in [0.5, 0.6) is 11.5 Å². The molecule has 1 aliphatic rings. The quantitative estimate of drug-likeness (QED) is 0.305. The van der Waals surface area contributed by atoms with Crippen molar-refractivity contribution in [1.29, 1.82) is 0 Å². The number of benzene rings is 2. The van der Waals surface area contributed by atoms with Gasteiger partial charge in [0.1, 0.15) is 17.3 Å². The molecular weight excluding hydrogens is 513 g/mol. The fourth-order valence-corrected chi connectivity index (χ4v) is 4.55. The summed E-state index contributed by atoms with van der Waals surface area (Å²) >= 11 is 0. The molecule has 0 spiro atoms. The molecule has 1 aliphatic carbocycles. The molecule has 4 aromatic rings. The van der Waals surface area contributed by atoms with Gasteiger partial charge >= 0.3 is 0 Å². The number of halogens is 1. The zero-order valence-corrected chi connectivity index (χ0v) is 22.9. The molecule has 40 heavy (non-hydrogen) atoms. The van der Waals surface area contributed by atoms with Crippen LogP contribution >= 0.6 is 0 Å². The Balaban J connectivity index is 1.31. The number of aliphatic hydroxyl groups excluding tert-OH is 1. The summed E-state index contributed by atoms with van der Waals surface area (Å²) in [6.45, 7) is 7.59. The minimum absolute atomic E-state index is 0.0461. The summed E-state index contributed by atoms with van der Waals surface area (Å²) in [6, 6.07) is 9.87. The van der Waals surface area contributed by atoms with Gasteiger partial charge in [-0.25, -0.2) is 4.39 Å². The van der Waals surface area contributed by atoms with Crippen molar-refractivity contribution < 1.29 is 23.8 Å². The lowest BCUT2D eigenvalue weighted by atomic mass is 9.89. The molecule has 10 heteroatoms. The molecule has 2 aromatic carbocycles. The molecule has 0 aliphatic heterocycles. The number of fused-ring (bicyclic) bond motifs is 1. The Morgan fingerprint density at radius 3 is 2.62 bits per heavy atom. The van der Waals surface area contributed by atoms with E-state index in [9.17, 15) is 14.7 Å². The van der Waals surface area contributed by atoms with Gasteiger partial charge in [0.2, 0.25) is 5.91 Å². The highest BCUT2D eigenvalue weighted by Gasteiger charge is 2.28.